The molecule has 5 atom stereocenters. The fourth-order valence-electron chi connectivity index (χ4n) is 7.94. The third-order valence-corrected chi connectivity index (χ3v) is 13.7. The molecule has 1 saturated heterocycles. The van der Waals surface area contributed by atoms with Crippen molar-refractivity contribution in [3.63, 3.8) is 0 Å². The number of hydrogen-bond acceptors (Lipinski definition) is 15. The third kappa shape index (κ3) is 12.9. The summed E-state index contributed by atoms with van der Waals surface area (Å²) in [5.74, 6) is 0.0110. The van der Waals surface area contributed by atoms with Crippen LogP contribution in [0.5, 0.6) is 11.5 Å². The van der Waals surface area contributed by atoms with Gasteiger partial charge in [-0.3, -0.25) is 19.0 Å². The standard InChI is InChI=1S/C52H69N4O13P/c1-34(2)56(35(3)4)70(67-29-17-28-53)69-44-42(31-66-52(36-18-15-14-16-19-36,37-20-24-39(61-11)25-21-37)38-22-26-40(62-12)27-23-38)68-43(45(44)63-13)41-30-54(32-64-47(58)50(5,6)7)49(60)55(46(41)57)33-65-48(59)51(8,9)10/h14-16,18-27,30,34-35,42-45H,17,29,31-33H2,1-13H3/t42-,43+,44-,45+,70?/m1/s1. The number of nitriles is 1. The summed E-state index contributed by atoms with van der Waals surface area (Å²) in [6.45, 7) is 16.5. The summed E-state index contributed by atoms with van der Waals surface area (Å²) in [6.07, 6.45) is -3.03. The molecule has 3 aromatic carbocycles. The van der Waals surface area contributed by atoms with Crippen molar-refractivity contribution in [2.45, 2.75) is 131 Å². The molecule has 0 N–H and O–H groups in total. The fraction of sp³-hybridized carbons (Fsp3) is 0.519. The second kappa shape index (κ2) is 24.1. The highest BCUT2D eigenvalue weighted by atomic mass is 31.2. The van der Waals surface area contributed by atoms with Gasteiger partial charge in [0, 0.05) is 25.4 Å². The van der Waals surface area contributed by atoms with Crippen LogP contribution in [0.15, 0.2) is 94.6 Å². The first-order chi connectivity index (χ1) is 33.1. The number of carbonyl (C=O) groups excluding carboxylic acids is 2. The smallest absolute Gasteiger partial charge is 0.336 e. The van der Waals surface area contributed by atoms with Gasteiger partial charge < -0.3 is 42.2 Å². The average molecular weight is 989 g/mol. The molecule has 1 aromatic heterocycles. The molecule has 17 nitrogen and oxygen atoms in total. The van der Waals surface area contributed by atoms with E-state index in [4.69, 9.17) is 42.2 Å². The summed E-state index contributed by atoms with van der Waals surface area (Å²) in [7, 11) is 2.70. The Balaban J connectivity index is 1.74. The maximum atomic E-state index is 14.8. The molecule has 0 spiro atoms. The highest BCUT2D eigenvalue weighted by Gasteiger charge is 2.52. The van der Waals surface area contributed by atoms with Crippen LogP contribution in [0.1, 0.15) is 104 Å². The third-order valence-electron chi connectivity index (χ3n) is 11.5. The molecule has 0 bridgehead atoms. The minimum Gasteiger partial charge on any atom is -0.497 e. The van der Waals surface area contributed by atoms with Crippen LogP contribution in [0.3, 0.4) is 0 Å². The van der Waals surface area contributed by atoms with E-state index < -0.39 is 86.0 Å². The summed E-state index contributed by atoms with van der Waals surface area (Å²) in [4.78, 5) is 54.9. The lowest BCUT2D eigenvalue weighted by Crippen LogP contribution is -2.45. The molecule has 0 aliphatic carbocycles. The number of aromatic nitrogens is 2. The SMILES string of the molecule is COc1ccc(C(OC[C@H]2O[C@@H](c3cn(COC(=O)C(C)(C)C)c(=O)n(COC(=O)C(C)(C)C)c3=O)[C@H](OC)[C@@H]2OP(OCCC#N)N(C(C)C)C(C)C)(c2ccccc2)c2ccc(OC)cc2)cc1. The number of rotatable bonds is 22. The second-order valence-corrected chi connectivity index (χ2v) is 20.8. The molecular formula is C52H69N4O13P. The van der Waals surface area contributed by atoms with Gasteiger partial charge in [0.2, 0.25) is 0 Å². The zero-order valence-corrected chi connectivity index (χ0v) is 43.5. The Kier molecular flexibility index (Phi) is 19.1. The lowest BCUT2D eigenvalue weighted by molar-refractivity contribution is -0.157. The first-order valence-electron chi connectivity index (χ1n) is 23.2. The number of benzene rings is 3. The Morgan fingerprint density at radius 3 is 1.74 bits per heavy atom. The summed E-state index contributed by atoms with van der Waals surface area (Å²) >= 11 is 0. The van der Waals surface area contributed by atoms with E-state index in [1.54, 1.807) is 55.8 Å². The van der Waals surface area contributed by atoms with Crippen LogP contribution in [0.4, 0.5) is 0 Å². The number of methoxy groups -OCH3 is 3. The molecule has 1 aliphatic heterocycles. The van der Waals surface area contributed by atoms with Crippen molar-refractivity contribution in [1.82, 2.24) is 13.8 Å². The molecule has 70 heavy (non-hydrogen) atoms. The van der Waals surface area contributed by atoms with E-state index in [9.17, 15) is 24.4 Å². The lowest BCUT2D eigenvalue weighted by Gasteiger charge is -2.39. The van der Waals surface area contributed by atoms with Gasteiger partial charge in [0.05, 0.1) is 56.3 Å². The van der Waals surface area contributed by atoms with E-state index in [1.807, 2.05) is 107 Å². The number of nitrogens with zero attached hydrogens (tertiary/aromatic N) is 4. The van der Waals surface area contributed by atoms with Crippen LogP contribution in [0.25, 0.3) is 0 Å². The zero-order chi connectivity index (χ0) is 51.6. The Morgan fingerprint density at radius 1 is 0.757 bits per heavy atom. The molecule has 5 rings (SSSR count). The number of carbonyl (C=O) groups is 2. The topological polar surface area (TPSA) is 188 Å². The van der Waals surface area contributed by atoms with Gasteiger partial charge in [-0.15, -0.1) is 0 Å². The van der Waals surface area contributed by atoms with Crippen molar-refractivity contribution < 1.29 is 51.8 Å². The Bertz CT molecular complexity index is 2450. The summed E-state index contributed by atoms with van der Waals surface area (Å²) in [5.41, 5.74) is -2.74. The molecule has 18 heteroatoms. The van der Waals surface area contributed by atoms with Crippen LogP contribution in [-0.4, -0.2) is 90.7 Å². The van der Waals surface area contributed by atoms with Crippen molar-refractivity contribution in [2.24, 2.45) is 10.8 Å². The zero-order valence-electron chi connectivity index (χ0n) is 42.6. The van der Waals surface area contributed by atoms with Gasteiger partial charge in [0.1, 0.15) is 41.5 Å². The van der Waals surface area contributed by atoms with E-state index >= 15 is 0 Å². The summed E-state index contributed by atoms with van der Waals surface area (Å²) < 4.78 is 60.2. The minimum atomic E-state index is -1.94. The minimum absolute atomic E-state index is 0.0657. The van der Waals surface area contributed by atoms with Crippen LogP contribution in [0, 0.1) is 22.2 Å². The molecule has 2 heterocycles. The van der Waals surface area contributed by atoms with Crippen LogP contribution in [0.2, 0.25) is 0 Å². The van der Waals surface area contributed by atoms with Gasteiger partial charge in [-0.05, 0) is 110 Å². The van der Waals surface area contributed by atoms with Gasteiger partial charge in [-0.1, -0.05) is 54.6 Å². The van der Waals surface area contributed by atoms with E-state index in [0.29, 0.717) is 11.5 Å². The number of hydrogen-bond donors (Lipinski definition) is 0. The van der Waals surface area contributed by atoms with Crippen molar-refractivity contribution in [1.29, 1.82) is 5.26 Å². The molecule has 1 aliphatic rings. The first-order valence-corrected chi connectivity index (χ1v) is 24.4. The monoisotopic (exact) mass is 988 g/mol. The molecule has 380 valence electrons. The Hall–Kier alpha value is -5.44. The summed E-state index contributed by atoms with van der Waals surface area (Å²) in [6, 6.07) is 26.8. The van der Waals surface area contributed by atoms with Gasteiger partial charge in [0.25, 0.3) is 14.1 Å². The number of esters is 2. The van der Waals surface area contributed by atoms with Crippen molar-refractivity contribution in [3.05, 3.63) is 128 Å². The molecule has 4 aromatic rings. The Labute approximate surface area is 412 Å². The molecule has 0 amide bonds. The highest BCUT2D eigenvalue weighted by molar-refractivity contribution is 7.44. The average Bonchev–Trinajstić information content (AvgIpc) is 3.67. The fourth-order valence-corrected chi connectivity index (χ4v) is 9.71. The van der Waals surface area contributed by atoms with E-state index in [1.165, 1.54) is 13.3 Å². The quantitative estimate of drug-likeness (QED) is 0.0317. The largest absolute Gasteiger partial charge is 0.497 e. The second-order valence-electron chi connectivity index (χ2n) is 19.4. The van der Waals surface area contributed by atoms with Gasteiger partial charge >= 0.3 is 17.6 Å². The molecule has 1 fully saturated rings. The number of ether oxygens (including phenoxy) is 7. The van der Waals surface area contributed by atoms with Crippen molar-refractivity contribution in [3.8, 4) is 17.6 Å². The predicted molar refractivity (Wildman–Crippen MR) is 263 cm³/mol. The van der Waals surface area contributed by atoms with Crippen molar-refractivity contribution in [2.75, 3.05) is 34.5 Å². The van der Waals surface area contributed by atoms with Crippen LogP contribution in [-0.2, 0) is 61.4 Å². The van der Waals surface area contributed by atoms with Crippen LogP contribution >= 0.6 is 8.53 Å². The molecular weight excluding hydrogens is 920 g/mol. The van der Waals surface area contributed by atoms with E-state index in [-0.39, 0.29) is 37.3 Å². The lowest BCUT2D eigenvalue weighted by atomic mass is 9.80. The van der Waals surface area contributed by atoms with Crippen LogP contribution < -0.4 is 20.7 Å². The van der Waals surface area contributed by atoms with E-state index in [2.05, 4.69) is 10.7 Å². The van der Waals surface area contributed by atoms with Gasteiger partial charge in [-0.25, -0.2) is 14.0 Å². The first kappa shape index (κ1) is 55.5. The van der Waals surface area contributed by atoms with E-state index in [0.717, 1.165) is 25.8 Å². The summed E-state index contributed by atoms with van der Waals surface area (Å²) in [5, 5.41) is 9.54. The predicted octanol–water partition coefficient (Wildman–Crippen LogP) is 8.25. The maximum absolute atomic E-state index is 14.8. The normalized spacial score (nSPS) is 17.9. The molecule has 1 unspecified atom stereocenters. The Morgan fingerprint density at radius 2 is 1.27 bits per heavy atom. The van der Waals surface area contributed by atoms with Crippen molar-refractivity contribution >= 4 is 20.5 Å². The molecule has 0 saturated carbocycles. The van der Waals surface area contributed by atoms with Gasteiger partial charge in [-0.2, -0.15) is 5.26 Å². The molecule has 0 radical (unpaired) electrons. The maximum Gasteiger partial charge on any atom is 0.336 e. The highest BCUT2D eigenvalue weighted by Crippen LogP contribution is 2.52. The van der Waals surface area contributed by atoms with Gasteiger partial charge in [0.15, 0.2) is 13.5 Å².